The van der Waals surface area contributed by atoms with Gasteiger partial charge in [-0.1, -0.05) is 23.7 Å². The number of halogens is 1. The van der Waals surface area contributed by atoms with Crippen molar-refractivity contribution in [1.29, 1.82) is 0 Å². The Balaban J connectivity index is 2.15. The van der Waals surface area contributed by atoms with E-state index in [1.54, 1.807) is 0 Å². The maximum Gasteiger partial charge on any atom is 0.140 e. The van der Waals surface area contributed by atoms with Crippen molar-refractivity contribution in [2.45, 2.75) is 46.3 Å². The zero-order chi connectivity index (χ0) is 15.4. The van der Waals surface area contributed by atoms with Crippen molar-refractivity contribution in [2.24, 2.45) is 5.73 Å². The topological polar surface area (TPSA) is 61.3 Å². The summed E-state index contributed by atoms with van der Waals surface area (Å²) in [6.07, 6.45) is 1.66. The van der Waals surface area contributed by atoms with Gasteiger partial charge in [0, 0.05) is 11.1 Å². The van der Waals surface area contributed by atoms with E-state index in [0.29, 0.717) is 11.6 Å². The van der Waals surface area contributed by atoms with E-state index in [9.17, 15) is 0 Å². The molecule has 2 rings (SSSR count). The number of nitrogens with zero attached hydrogens (tertiary/aromatic N) is 1. The average Bonchev–Trinajstić information content (AvgIpc) is 2.77. The minimum Gasteiger partial charge on any atom is -0.488 e. The summed E-state index contributed by atoms with van der Waals surface area (Å²) in [4.78, 5) is 0. The highest BCUT2D eigenvalue weighted by Crippen LogP contribution is 2.26. The Morgan fingerprint density at radius 3 is 2.76 bits per heavy atom. The largest absolute Gasteiger partial charge is 0.488 e. The lowest BCUT2D eigenvalue weighted by Gasteiger charge is -2.15. The SMILES string of the molecule is CCC(N)Cc1cc(Cl)ccc1OCc1c(C)noc1C. The average molecular weight is 309 g/mol. The van der Waals surface area contributed by atoms with Crippen LogP contribution in [0, 0.1) is 13.8 Å². The van der Waals surface area contributed by atoms with Gasteiger partial charge in [-0.25, -0.2) is 0 Å². The van der Waals surface area contributed by atoms with Crippen molar-refractivity contribution >= 4 is 11.6 Å². The zero-order valence-corrected chi connectivity index (χ0v) is 13.4. The van der Waals surface area contributed by atoms with Crippen molar-refractivity contribution in [2.75, 3.05) is 0 Å². The third-order valence-corrected chi connectivity index (χ3v) is 3.82. The van der Waals surface area contributed by atoms with Gasteiger partial charge in [-0.05, 0) is 50.5 Å². The van der Waals surface area contributed by atoms with Gasteiger partial charge < -0.3 is 15.0 Å². The van der Waals surface area contributed by atoms with Gasteiger partial charge in [0.15, 0.2) is 0 Å². The molecule has 0 bridgehead atoms. The van der Waals surface area contributed by atoms with Crippen LogP contribution in [0.2, 0.25) is 5.02 Å². The van der Waals surface area contributed by atoms with E-state index in [-0.39, 0.29) is 6.04 Å². The number of ether oxygens (including phenoxy) is 1. The molecule has 2 aromatic rings. The first-order valence-electron chi connectivity index (χ1n) is 7.09. The maximum absolute atomic E-state index is 6.07. The summed E-state index contributed by atoms with van der Waals surface area (Å²) in [5.41, 5.74) is 8.91. The van der Waals surface area contributed by atoms with Crippen molar-refractivity contribution < 1.29 is 9.26 Å². The molecule has 114 valence electrons. The molecule has 0 saturated carbocycles. The Morgan fingerprint density at radius 2 is 2.14 bits per heavy atom. The molecule has 2 N–H and O–H groups in total. The molecule has 0 saturated heterocycles. The Labute approximate surface area is 130 Å². The molecule has 0 aliphatic carbocycles. The fourth-order valence-corrected chi connectivity index (χ4v) is 2.33. The van der Waals surface area contributed by atoms with E-state index in [4.69, 9.17) is 26.6 Å². The lowest BCUT2D eigenvalue weighted by atomic mass is 10.0. The van der Waals surface area contributed by atoms with Gasteiger partial charge in [0.1, 0.15) is 18.1 Å². The quantitative estimate of drug-likeness (QED) is 0.881. The van der Waals surface area contributed by atoms with Crippen molar-refractivity contribution in [3.05, 3.63) is 45.8 Å². The van der Waals surface area contributed by atoms with E-state index >= 15 is 0 Å². The fraction of sp³-hybridized carbons (Fsp3) is 0.438. The molecule has 0 spiro atoms. The monoisotopic (exact) mass is 308 g/mol. The maximum atomic E-state index is 6.07. The second-order valence-corrected chi connectivity index (χ2v) is 5.65. The van der Waals surface area contributed by atoms with Crippen LogP contribution < -0.4 is 10.5 Å². The van der Waals surface area contributed by atoms with Crippen LogP contribution in [0.5, 0.6) is 5.75 Å². The van der Waals surface area contributed by atoms with Crippen LogP contribution in [0.3, 0.4) is 0 Å². The Morgan fingerprint density at radius 1 is 1.38 bits per heavy atom. The highest BCUT2D eigenvalue weighted by atomic mass is 35.5. The van der Waals surface area contributed by atoms with E-state index in [2.05, 4.69) is 12.1 Å². The highest BCUT2D eigenvalue weighted by molar-refractivity contribution is 6.30. The van der Waals surface area contributed by atoms with Crippen molar-refractivity contribution in [3.63, 3.8) is 0 Å². The van der Waals surface area contributed by atoms with Crippen LogP contribution >= 0.6 is 11.6 Å². The standard InChI is InChI=1S/C16H21ClN2O2/c1-4-14(18)8-12-7-13(17)5-6-16(12)20-9-15-10(2)19-21-11(15)3/h5-7,14H,4,8-9,18H2,1-3H3. The molecule has 0 fully saturated rings. The Kier molecular flexibility index (Phi) is 5.26. The highest BCUT2D eigenvalue weighted by Gasteiger charge is 2.13. The molecule has 5 heteroatoms. The first kappa shape index (κ1) is 15.9. The summed E-state index contributed by atoms with van der Waals surface area (Å²) in [5.74, 6) is 1.59. The predicted octanol–water partition coefficient (Wildman–Crippen LogP) is 3.80. The van der Waals surface area contributed by atoms with Gasteiger partial charge in [-0.15, -0.1) is 0 Å². The zero-order valence-electron chi connectivity index (χ0n) is 12.6. The molecular formula is C16H21ClN2O2. The lowest BCUT2D eigenvalue weighted by molar-refractivity contribution is 0.298. The summed E-state index contributed by atoms with van der Waals surface area (Å²) < 4.78 is 11.1. The van der Waals surface area contributed by atoms with E-state index in [0.717, 1.165) is 41.2 Å². The number of aryl methyl sites for hydroxylation is 2. The second-order valence-electron chi connectivity index (χ2n) is 5.22. The summed E-state index contributed by atoms with van der Waals surface area (Å²) in [6.45, 7) is 6.29. The minimum absolute atomic E-state index is 0.102. The predicted molar refractivity (Wildman–Crippen MR) is 83.7 cm³/mol. The molecule has 1 aromatic carbocycles. The molecule has 4 nitrogen and oxygen atoms in total. The van der Waals surface area contributed by atoms with Crippen LogP contribution in [0.25, 0.3) is 0 Å². The molecular weight excluding hydrogens is 288 g/mol. The minimum atomic E-state index is 0.102. The summed E-state index contributed by atoms with van der Waals surface area (Å²) in [5, 5.41) is 4.62. The van der Waals surface area contributed by atoms with Crippen LogP contribution in [-0.4, -0.2) is 11.2 Å². The Hall–Kier alpha value is -1.52. The number of aromatic nitrogens is 1. The first-order valence-corrected chi connectivity index (χ1v) is 7.47. The summed E-state index contributed by atoms with van der Waals surface area (Å²) in [6, 6.07) is 5.73. The molecule has 1 heterocycles. The molecule has 0 aliphatic heterocycles. The van der Waals surface area contributed by atoms with Gasteiger partial charge in [0.2, 0.25) is 0 Å². The summed E-state index contributed by atoms with van der Waals surface area (Å²) in [7, 11) is 0. The number of benzene rings is 1. The second kappa shape index (κ2) is 6.96. The van der Waals surface area contributed by atoms with Crippen LogP contribution in [-0.2, 0) is 13.0 Å². The van der Waals surface area contributed by atoms with E-state index < -0.39 is 0 Å². The molecule has 0 radical (unpaired) electrons. The molecule has 1 aromatic heterocycles. The molecule has 0 aliphatic rings. The normalized spacial score (nSPS) is 12.4. The number of hydrogen-bond acceptors (Lipinski definition) is 4. The van der Waals surface area contributed by atoms with Crippen molar-refractivity contribution in [3.8, 4) is 5.75 Å². The molecule has 21 heavy (non-hydrogen) atoms. The van der Waals surface area contributed by atoms with Gasteiger partial charge in [0.05, 0.1) is 11.3 Å². The summed E-state index contributed by atoms with van der Waals surface area (Å²) >= 11 is 6.07. The molecule has 1 unspecified atom stereocenters. The number of hydrogen-bond donors (Lipinski definition) is 1. The smallest absolute Gasteiger partial charge is 0.140 e. The van der Waals surface area contributed by atoms with Gasteiger partial charge >= 0.3 is 0 Å². The number of rotatable bonds is 6. The van der Waals surface area contributed by atoms with Crippen LogP contribution in [0.1, 0.15) is 35.9 Å². The number of nitrogens with two attached hydrogens (primary N) is 1. The molecule has 1 atom stereocenters. The van der Waals surface area contributed by atoms with E-state index in [1.807, 2.05) is 32.0 Å². The van der Waals surface area contributed by atoms with Crippen LogP contribution in [0.4, 0.5) is 0 Å². The Bertz CT molecular complexity index is 591. The van der Waals surface area contributed by atoms with Crippen molar-refractivity contribution in [1.82, 2.24) is 5.16 Å². The third kappa shape index (κ3) is 3.99. The van der Waals surface area contributed by atoms with Gasteiger partial charge in [-0.3, -0.25) is 0 Å². The third-order valence-electron chi connectivity index (χ3n) is 3.58. The van der Waals surface area contributed by atoms with Gasteiger partial charge in [0.25, 0.3) is 0 Å². The van der Waals surface area contributed by atoms with E-state index in [1.165, 1.54) is 0 Å². The fourth-order valence-electron chi connectivity index (χ4n) is 2.13. The lowest BCUT2D eigenvalue weighted by Crippen LogP contribution is -2.21. The van der Waals surface area contributed by atoms with Crippen LogP contribution in [0.15, 0.2) is 22.7 Å². The van der Waals surface area contributed by atoms with Gasteiger partial charge in [-0.2, -0.15) is 0 Å². The first-order chi connectivity index (χ1) is 10.0. The molecule has 0 amide bonds.